The molecule has 0 N–H and O–H groups in total. The van der Waals surface area contributed by atoms with Crippen LogP contribution in [0.5, 0.6) is 0 Å². The molecule has 33 heavy (non-hydrogen) atoms. The van der Waals surface area contributed by atoms with Gasteiger partial charge in [-0.25, -0.2) is 9.97 Å². The van der Waals surface area contributed by atoms with Crippen molar-refractivity contribution in [1.82, 2.24) is 9.97 Å². The van der Waals surface area contributed by atoms with Gasteiger partial charge in [-0.3, -0.25) is 0 Å². The van der Waals surface area contributed by atoms with Crippen LogP contribution in [0.4, 0.5) is 11.4 Å². The molecule has 4 nitrogen and oxygen atoms in total. The lowest BCUT2D eigenvalue weighted by Gasteiger charge is -2.22. The zero-order valence-corrected chi connectivity index (χ0v) is 20.5. The first-order valence-corrected chi connectivity index (χ1v) is 12.1. The van der Waals surface area contributed by atoms with Crippen molar-refractivity contribution in [2.45, 2.75) is 34.6 Å². The minimum absolute atomic E-state index is 0.923. The molecule has 0 atom stereocenters. The van der Waals surface area contributed by atoms with Crippen LogP contribution in [0.2, 0.25) is 0 Å². The Labute approximate surface area is 197 Å². The molecule has 4 heteroatoms. The number of rotatable bonds is 8. The predicted octanol–water partition coefficient (Wildman–Crippen LogP) is 6.96. The van der Waals surface area contributed by atoms with Crippen LogP contribution in [-0.2, 0) is 0 Å². The van der Waals surface area contributed by atoms with Crippen LogP contribution in [0.3, 0.4) is 0 Å². The van der Waals surface area contributed by atoms with Gasteiger partial charge in [0, 0.05) is 48.7 Å². The lowest BCUT2D eigenvalue weighted by molar-refractivity contribution is 0.866. The molecule has 0 bridgehead atoms. The van der Waals surface area contributed by atoms with Crippen molar-refractivity contribution in [2.75, 3.05) is 36.0 Å². The van der Waals surface area contributed by atoms with Gasteiger partial charge in [-0.2, -0.15) is 0 Å². The quantitative estimate of drug-likeness (QED) is 0.297. The smallest absolute Gasteiger partial charge is 0.0973 e. The summed E-state index contributed by atoms with van der Waals surface area (Å²) >= 11 is 0. The SMILES string of the molecule is CCN(CC)c1ccc(-c2nc3ccc(C)cc3nc2-c2ccc(N(CC)CC)cc2)cc1. The lowest BCUT2D eigenvalue weighted by Crippen LogP contribution is -2.21. The molecular weight excluding hydrogens is 404 g/mol. The summed E-state index contributed by atoms with van der Waals surface area (Å²) < 4.78 is 0. The van der Waals surface area contributed by atoms with Gasteiger partial charge in [0.25, 0.3) is 0 Å². The second-order valence-electron chi connectivity index (χ2n) is 8.35. The van der Waals surface area contributed by atoms with Crippen molar-refractivity contribution in [3.63, 3.8) is 0 Å². The highest BCUT2D eigenvalue weighted by molar-refractivity contribution is 5.87. The molecular formula is C29H34N4. The van der Waals surface area contributed by atoms with Gasteiger partial charge in [0.1, 0.15) is 0 Å². The molecule has 0 saturated heterocycles. The number of aryl methyl sites for hydroxylation is 1. The molecule has 0 unspecified atom stereocenters. The molecule has 0 spiro atoms. The van der Waals surface area contributed by atoms with Gasteiger partial charge in [-0.05, 0) is 76.6 Å². The number of aromatic nitrogens is 2. The molecule has 0 aliphatic rings. The van der Waals surface area contributed by atoms with E-state index in [0.717, 1.165) is 59.7 Å². The maximum absolute atomic E-state index is 5.10. The molecule has 0 aliphatic heterocycles. The molecule has 4 rings (SSSR count). The van der Waals surface area contributed by atoms with Gasteiger partial charge >= 0.3 is 0 Å². The maximum Gasteiger partial charge on any atom is 0.0973 e. The van der Waals surface area contributed by atoms with E-state index in [9.17, 15) is 0 Å². The Kier molecular flexibility index (Phi) is 6.93. The third-order valence-electron chi connectivity index (χ3n) is 6.36. The first-order valence-electron chi connectivity index (χ1n) is 12.1. The fourth-order valence-electron chi connectivity index (χ4n) is 4.40. The second-order valence-corrected chi connectivity index (χ2v) is 8.35. The van der Waals surface area contributed by atoms with Gasteiger partial charge < -0.3 is 9.80 Å². The zero-order valence-electron chi connectivity index (χ0n) is 20.5. The third kappa shape index (κ3) is 4.70. The third-order valence-corrected chi connectivity index (χ3v) is 6.36. The lowest BCUT2D eigenvalue weighted by atomic mass is 10.0. The Morgan fingerprint density at radius 2 is 0.970 bits per heavy atom. The Bertz CT molecular complexity index is 1210. The van der Waals surface area contributed by atoms with E-state index in [1.165, 1.54) is 16.9 Å². The van der Waals surface area contributed by atoms with E-state index < -0.39 is 0 Å². The van der Waals surface area contributed by atoms with E-state index in [4.69, 9.17) is 9.97 Å². The van der Waals surface area contributed by atoms with Crippen molar-refractivity contribution in [1.29, 1.82) is 0 Å². The first kappa shape index (κ1) is 22.8. The summed E-state index contributed by atoms with van der Waals surface area (Å²) in [6.45, 7) is 14.8. The van der Waals surface area contributed by atoms with Gasteiger partial charge in [-0.1, -0.05) is 30.3 Å². The summed E-state index contributed by atoms with van der Waals surface area (Å²) in [5, 5.41) is 0. The average Bonchev–Trinajstić information content (AvgIpc) is 2.85. The van der Waals surface area contributed by atoms with Crippen molar-refractivity contribution in [2.24, 2.45) is 0 Å². The van der Waals surface area contributed by atoms with Crippen LogP contribution in [0, 0.1) is 6.92 Å². The number of benzene rings is 3. The molecule has 0 fully saturated rings. The summed E-state index contributed by atoms with van der Waals surface area (Å²) in [5.41, 5.74) is 9.54. The summed E-state index contributed by atoms with van der Waals surface area (Å²) in [6.07, 6.45) is 0. The van der Waals surface area contributed by atoms with E-state index in [1.807, 2.05) is 0 Å². The van der Waals surface area contributed by atoms with Crippen LogP contribution in [0.1, 0.15) is 33.3 Å². The largest absolute Gasteiger partial charge is 0.372 e. The Morgan fingerprint density at radius 1 is 0.545 bits per heavy atom. The minimum Gasteiger partial charge on any atom is -0.372 e. The summed E-state index contributed by atoms with van der Waals surface area (Å²) in [5.74, 6) is 0. The standard InChI is InChI=1S/C29H34N4/c1-6-32(7-2)24-15-11-22(12-16-24)28-29(31-27-20-21(5)10-19-26(27)30-28)23-13-17-25(18-14-23)33(8-3)9-4/h10-20H,6-9H2,1-5H3. The number of fused-ring (bicyclic) bond motifs is 1. The van der Waals surface area contributed by atoms with Crippen LogP contribution in [-0.4, -0.2) is 36.1 Å². The topological polar surface area (TPSA) is 32.3 Å². The summed E-state index contributed by atoms with van der Waals surface area (Å²) in [6, 6.07) is 23.7. The number of hydrogen-bond acceptors (Lipinski definition) is 4. The average molecular weight is 439 g/mol. The molecule has 1 aromatic heterocycles. The number of anilines is 2. The molecule has 4 aromatic rings. The molecule has 0 aliphatic carbocycles. The molecule has 0 radical (unpaired) electrons. The Balaban J connectivity index is 1.83. The van der Waals surface area contributed by atoms with Crippen LogP contribution < -0.4 is 9.80 Å². The van der Waals surface area contributed by atoms with Gasteiger partial charge in [0.2, 0.25) is 0 Å². The fraction of sp³-hybridized carbons (Fsp3) is 0.310. The predicted molar refractivity (Wildman–Crippen MR) is 142 cm³/mol. The monoisotopic (exact) mass is 438 g/mol. The highest BCUT2D eigenvalue weighted by Gasteiger charge is 2.15. The van der Waals surface area contributed by atoms with Crippen molar-refractivity contribution >= 4 is 22.4 Å². The van der Waals surface area contributed by atoms with Gasteiger partial charge in [0.15, 0.2) is 0 Å². The molecule has 0 amide bonds. The van der Waals surface area contributed by atoms with Crippen LogP contribution in [0.15, 0.2) is 66.7 Å². The Morgan fingerprint density at radius 3 is 1.39 bits per heavy atom. The zero-order chi connectivity index (χ0) is 23.4. The molecule has 0 saturated carbocycles. The van der Waals surface area contributed by atoms with Crippen molar-refractivity contribution in [3.05, 3.63) is 72.3 Å². The van der Waals surface area contributed by atoms with E-state index in [0.29, 0.717) is 0 Å². The first-order chi connectivity index (χ1) is 16.1. The van der Waals surface area contributed by atoms with E-state index in [-0.39, 0.29) is 0 Å². The number of nitrogens with zero attached hydrogens (tertiary/aromatic N) is 4. The number of hydrogen-bond donors (Lipinski definition) is 0. The second kappa shape index (κ2) is 10.0. The normalized spacial score (nSPS) is 11.1. The molecule has 170 valence electrons. The maximum atomic E-state index is 5.10. The van der Waals surface area contributed by atoms with Gasteiger partial charge in [-0.15, -0.1) is 0 Å². The van der Waals surface area contributed by atoms with E-state index in [1.54, 1.807) is 0 Å². The van der Waals surface area contributed by atoms with Gasteiger partial charge in [0.05, 0.1) is 22.4 Å². The highest BCUT2D eigenvalue weighted by Crippen LogP contribution is 2.33. The molecule has 1 heterocycles. The van der Waals surface area contributed by atoms with Crippen molar-refractivity contribution in [3.8, 4) is 22.5 Å². The molecule has 3 aromatic carbocycles. The fourth-order valence-corrected chi connectivity index (χ4v) is 4.40. The van der Waals surface area contributed by atoms with E-state index in [2.05, 4.69) is 111 Å². The highest BCUT2D eigenvalue weighted by atomic mass is 15.1. The van der Waals surface area contributed by atoms with E-state index >= 15 is 0 Å². The Hall–Kier alpha value is -3.40. The summed E-state index contributed by atoms with van der Waals surface area (Å²) in [4.78, 5) is 14.9. The van der Waals surface area contributed by atoms with Crippen LogP contribution >= 0.6 is 0 Å². The van der Waals surface area contributed by atoms with Crippen LogP contribution in [0.25, 0.3) is 33.5 Å². The summed E-state index contributed by atoms with van der Waals surface area (Å²) in [7, 11) is 0. The minimum atomic E-state index is 0.923. The van der Waals surface area contributed by atoms with Crippen molar-refractivity contribution < 1.29 is 0 Å².